The van der Waals surface area contributed by atoms with Crippen molar-refractivity contribution in [1.29, 1.82) is 5.26 Å². The van der Waals surface area contributed by atoms with Gasteiger partial charge in [0.15, 0.2) is 0 Å². The van der Waals surface area contributed by atoms with E-state index in [4.69, 9.17) is 23.2 Å². The summed E-state index contributed by atoms with van der Waals surface area (Å²) >= 11 is 11.8. The molecule has 1 saturated carbocycles. The quantitative estimate of drug-likeness (QED) is 0.471. The van der Waals surface area contributed by atoms with E-state index in [9.17, 15) is 10.1 Å². The molecule has 1 aliphatic carbocycles. The minimum absolute atomic E-state index is 0.0420. The number of hydrogen-bond donors (Lipinski definition) is 2. The summed E-state index contributed by atoms with van der Waals surface area (Å²) in [6.07, 6.45) is 8.54. The zero-order valence-electron chi connectivity index (χ0n) is 12.7. The number of amides is 1. The van der Waals surface area contributed by atoms with E-state index in [-0.39, 0.29) is 5.57 Å². The number of benzene rings is 1. The highest BCUT2D eigenvalue weighted by molar-refractivity contribution is 6.42. The van der Waals surface area contributed by atoms with Gasteiger partial charge in [0.25, 0.3) is 5.91 Å². The molecular formula is C17H19Cl2N3O. The first-order valence-corrected chi connectivity index (χ1v) is 8.48. The van der Waals surface area contributed by atoms with E-state index in [1.165, 1.54) is 31.9 Å². The molecule has 0 aromatic heterocycles. The topological polar surface area (TPSA) is 64.9 Å². The van der Waals surface area contributed by atoms with E-state index in [0.29, 0.717) is 21.8 Å². The number of nitrogens with one attached hydrogen (secondary N) is 2. The summed E-state index contributed by atoms with van der Waals surface area (Å²) in [7, 11) is 0. The number of hydrogen-bond acceptors (Lipinski definition) is 3. The highest BCUT2D eigenvalue weighted by Crippen LogP contribution is 2.25. The van der Waals surface area contributed by atoms with Crippen molar-refractivity contribution in [3.05, 3.63) is 40.0 Å². The maximum atomic E-state index is 12.2. The Morgan fingerprint density at radius 1 is 1.17 bits per heavy atom. The number of carbonyl (C=O) groups excluding carboxylic acids is 1. The smallest absolute Gasteiger partial charge is 0.267 e. The van der Waals surface area contributed by atoms with Gasteiger partial charge in [0.1, 0.15) is 11.6 Å². The minimum Gasteiger partial charge on any atom is -0.387 e. The first kappa shape index (κ1) is 17.7. The summed E-state index contributed by atoms with van der Waals surface area (Å²) in [4.78, 5) is 12.2. The fourth-order valence-electron chi connectivity index (χ4n) is 2.57. The van der Waals surface area contributed by atoms with Crippen molar-refractivity contribution in [3.63, 3.8) is 0 Å². The van der Waals surface area contributed by atoms with Crippen molar-refractivity contribution in [1.82, 2.24) is 5.32 Å². The Morgan fingerprint density at radius 2 is 1.87 bits per heavy atom. The fraction of sp³-hybridized carbons (Fsp3) is 0.412. The van der Waals surface area contributed by atoms with Crippen LogP contribution in [0.3, 0.4) is 0 Å². The van der Waals surface area contributed by atoms with Gasteiger partial charge in [-0.2, -0.15) is 5.26 Å². The zero-order valence-corrected chi connectivity index (χ0v) is 14.3. The summed E-state index contributed by atoms with van der Waals surface area (Å²) < 4.78 is 0. The van der Waals surface area contributed by atoms with Crippen LogP contribution in [0.5, 0.6) is 0 Å². The van der Waals surface area contributed by atoms with Crippen molar-refractivity contribution in [3.8, 4) is 6.07 Å². The average Bonchev–Trinajstić information content (AvgIpc) is 2.80. The zero-order chi connectivity index (χ0) is 16.7. The van der Waals surface area contributed by atoms with Crippen LogP contribution in [0, 0.1) is 11.3 Å². The summed E-state index contributed by atoms with van der Waals surface area (Å²) in [5.74, 6) is -0.466. The molecule has 0 unspecified atom stereocenters. The Morgan fingerprint density at radius 3 is 2.48 bits per heavy atom. The van der Waals surface area contributed by atoms with Crippen molar-refractivity contribution in [2.75, 3.05) is 5.32 Å². The van der Waals surface area contributed by atoms with Crippen LogP contribution in [0.1, 0.15) is 38.5 Å². The van der Waals surface area contributed by atoms with Gasteiger partial charge < -0.3 is 10.6 Å². The van der Waals surface area contributed by atoms with Gasteiger partial charge in [-0.05, 0) is 31.0 Å². The maximum Gasteiger partial charge on any atom is 0.267 e. The van der Waals surface area contributed by atoms with Crippen LogP contribution < -0.4 is 10.6 Å². The van der Waals surface area contributed by atoms with Crippen LogP contribution in [-0.4, -0.2) is 11.9 Å². The number of nitriles is 1. The van der Waals surface area contributed by atoms with Crippen LogP contribution >= 0.6 is 23.2 Å². The predicted octanol–water partition coefficient (Wildman–Crippen LogP) is 4.65. The molecular weight excluding hydrogens is 333 g/mol. The molecule has 0 saturated heterocycles. The van der Waals surface area contributed by atoms with Crippen LogP contribution in [-0.2, 0) is 4.79 Å². The van der Waals surface area contributed by atoms with Crippen molar-refractivity contribution >= 4 is 34.8 Å². The number of carbonyl (C=O) groups is 1. The Kier molecular flexibility index (Phi) is 6.76. The first-order chi connectivity index (χ1) is 11.1. The molecule has 0 heterocycles. The molecule has 1 aromatic carbocycles. The Balaban J connectivity index is 1.98. The van der Waals surface area contributed by atoms with Crippen LogP contribution in [0.4, 0.5) is 5.69 Å². The second-order valence-electron chi connectivity index (χ2n) is 5.61. The van der Waals surface area contributed by atoms with Gasteiger partial charge in [-0.3, -0.25) is 4.79 Å². The summed E-state index contributed by atoms with van der Waals surface area (Å²) in [5.41, 5.74) is 0.542. The molecule has 1 aliphatic rings. The average molecular weight is 352 g/mol. The van der Waals surface area contributed by atoms with E-state index in [2.05, 4.69) is 10.6 Å². The Labute approximate surface area is 146 Å². The monoisotopic (exact) mass is 351 g/mol. The highest BCUT2D eigenvalue weighted by atomic mass is 35.5. The maximum absolute atomic E-state index is 12.2. The third kappa shape index (κ3) is 5.46. The molecule has 0 atom stereocenters. The molecule has 6 heteroatoms. The van der Waals surface area contributed by atoms with Gasteiger partial charge in [0.2, 0.25) is 0 Å². The minimum atomic E-state index is -0.466. The molecule has 122 valence electrons. The van der Waals surface area contributed by atoms with Crippen molar-refractivity contribution in [2.24, 2.45) is 0 Å². The molecule has 23 heavy (non-hydrogen) atoms. The van der Waals surface area contributed by atoms with Crippen LogP contribution in [0.15, 0.2) is 30.0 Å². The van der Waals surface area contributed by atoms with Gasteiger partial charge in [0.05, 0.1) is 10.0 Å². The fourth-order valence-corrected chi connectivity index (χ4v) is 2.87. The molecule has 1 aromatic rings. The second kappa shape index (κ2) is 8.81. The first-order valence-electron chi connectivity index (χ1n) is 7.73. The number of nitrogens with zero attached hydrogens (tertiary/aromatic N) is 1. The van der Waals surface area contributed by atoms with Crippen molar-refractivity contribution in [2.45, 2.75) is 44.6 Å². The van der Waals surface area contributed by atoms with Crippen LogP contribution in [0.25, 0.3) is 0 Å². The number of anilines is 1. The largest absolute Gasteiger partial charge is 0.387 e. The van der Waals surface area contributed by atoms with E-state index in [1.807, 2.05) is 6.07 Å². The molecule has 2 rings (SSSR count). The van der Waals surface area contributed by atoms with E-state index >= 15 is 0 Å². The summed E-state index contributed by atoms with van der Waals surface area (Å²) in [5, 5.41) is 15.8. The lowest BCUT2D eigenvalue weighted by molar-refractivity contribution is -0.112. The molecule has 4 nitrogen and oxygen atoms in total. The molecule has 1 fully saturated rings. The normalized spacial score (nSPS) is 16.3. The molecule has 2 N–H and O–H groups in total. The van der Waals surface area contributed by atoms with Crippen LogP contribution in [0.2, 0.25) is 10.0 Å². The molecule has 0 bridgehead atoms. The molecule has 0 spiro atoms. The predicted molar refractivity (Wildman–Crippen MR) is 93.4 cm³/mol. The number of halogens is 2. The summed E-state index contributed by atoms with van der Waals surface area (Å²) in [6.45, 7) is 0. The SMILES string of the molecule is N#C/C(=C/NC1CCCCCC1)C(=O)Nc1ccc(Cl)c(Cl)c1. The lowest BCUT2D eigenvalue weighted by Crippen LogP contribution is -2.25. The van der Waals surface area contributed by atoms with Gasteiger partial charge in [-0.25, -0.2) is 0 Å². The van der Waals surface area contributed by atoms with Crippen molar-refractivity contribution < 1.29 is 4.79 Å². The van der Waals surface area contributed by atoms with Gasteiger partial charge >= 0.3 is 0 Å². The third-order valence-electron chi connectivity index (χ3n) is 3.86. The molecule has 0 aliphatic heterocycles. The number of rotatable bonds is 4. The van der Waals surface area contributed by atoms with E-state index < -0.39 is 5.91 Å². The van der Waals surface area contributed by atoms with Gasteiger partial charge in [-0.1, -0.05) is 48.9 Å². The molecule has 0 radical (unpaired) electrons. The highest BCUT2D eigenvalue weighted by Gasteiger charge is 2.13. The summed E-state index contributed by atoms with van der Waals surface area (Å²) in [6, 6.07) is 7.05. The van der Waals surface area contributed by atoms with E-state index in [0.717, 1.165) is 12.8 Å². The van der Waals surface area contributed by atoms with Gasteiger partial charge in [0, 0.05) is 17.9 Å². The Hall–Kier alpha value is -1.70. The third-order valence-corrected chi connectivity index (χ3v) is 4.60. The standard InChI is InChI=1S/C17H19Cl2N3O/c18-15-8-7-14(9-16(15)19)22-17(23)12(10-20)11-21-13-5-3-1-2-4-6-13/h7-9,11,13,21H,1-6H2,(H,22,23)/b12-11-. The molecule has 1 amide bonds. The lowest BCUT2D eigenvalue weighted by Gasteiger charge is -2.14. The van der Waals surface area contributed by atoms with Gasteiger partial charge in [-0.15, -0.1) is 0 Å². The Bertz CT molecular complexity index is 629. The van der Waals surface area contributed by atoms with E-state index in [1.54, 1.807) is 18.2 Å². The second-order valence-corrected chi connectivity index (χ2v) is 6.42. The lowest BCUT2D eigenvalue weighted by atomic mass is 10.1.